The molecule has 0 bridgehead atoms. The molecule has 1 unspecified atom stereocenters. The van der Waals surface area contributed by atoms with E-state index in [9.17, 15) is 14.0 Å². The minimum atomic E-state index is -1.39. The molecule has 17 heavy (non-hydrogen) atoms. The van der Waals surface area contributed by atoms with E-state index in [-0.39, 0.29) is 10.0 Å². The first-order valence-corrected chi connectivity index (χ1v) is 5.34. The van der Waals surface area contributed by atoms with Crippen LogP contribution in [0.1, 0.15) is 10.4 Å². The van der Waals surface area contributed by atoms with Gasteiger partial charge in [-0.1, -0.05) is 0 Å². The molecule has 1 aromatic rings. The van der Waals surface area contributed by atoms with Crippen LogP contribution in [0.25, 0.3) is 0 Å². The molecule has 3 N–H and O–H groups in total. The fourth-order valence-corrected chi connectivity index (χ4v) is 1.63. The molecule has 0 radical (unpaired) electrons. The van der Waals surface area contributed by atoms with E-state index in [0.29, 0.717) is 0 Å². The molecule has 0 fully saturated rings. The minimum Gasteiger partial charge on any atom is -0.480 e. The van der Waals surface area contributed by atoms with E-state index in [1.54, 1.807) is 0 Å². The number of aliphatic hydroxyl groups excluding tert-OH is 1. The van der Waals surface area contributed by atoms with Crippen molar-refractivity contribution in [2.75, 3.05) is 6.61 Å². The Bertz CT molecular complexity index is 452. The number of amides is 1. The Labute approximate surface area is 104 Å². The van der Waals surface area contributed by atoms with Crippen molar-refractivity contribution in [3.8, 4) is 0 Å². The van der Waals surface area contributed by atoms with Gasteiger partial charge < -0.3 is 15.5 Å². The van der Waals surface area contributed by atoms with E-state index in [0.717, 1.165) is 12.1 Å². The van der Waals surface area contributed by atoms with E-state index < -0.39 is 30.3 Å². The van der Waals surface area contributed by atoms with Gasteiger partial charge in [-0.3, -0.25) is 4.79 Å². The summed E-state index contributed by atoms with van der Waals surface area (Å²) in [6.45, 7) is -0.722. The summed E-state index contributed by atoms with van der Waals surface area (Å²) in [5.74, 6) is -2.58. The monoisotopic (exact) mass is 305 g/mol. The maximum Gasteiger partial charge on any atom is 0.328 e. The van der Waals surface area contributed by atoms with Crippen LogP contribution >= 0.6 is 15.9 Å². The molecule has 5 nitrogen and oxygen atoms in total. The lowest BCUT2D eigenvalue weighted by atomic mass is 10.2. The maximum atomic E-state index is 12.8. The molecule has 0 aliphatic heterocycles. The Balaban J connectivity index is 2.86. The maximum absolute atomic E-state index is 12.8. The molecule has 0 aromatic heterocycles. The first kappa shape index (κ1) is 13.6. The number of hydrogen-bond donors (Lipinski definition) is 3. The number of carboxylic acids is 1. The topological polar surface area (TPSA) is 86.6 Å². The molecule has 92 valence electrons. The second-order valence-corrected chi connectivity index (χ2v) is 4.03. The van der Waals surface area contributed by atoms with Crippen molar-refractivity contribution in [3.63, 3.8) is 0 Å². The lowest BCUT2D eigenvalue weighted by molar-refractivity contribution is -0.140. The second-order valence-electron chi connectivity index (χ2n) is 3.17. The Morgan fingerprint density at radius 3 is 2.59 bits per heavy atom. The van der Waals surface area contributed by atoms with Crippen molar-refractivity contribution in [2.45, 2.75) is 6.04 Å². The van der Waals surface area contributed by atoms with Gasteiger partial charge in [-0.15, -0.1) is 0 Å². The SMILES string of the molecule is O=C(NC(CO)C(=O)O)c1ccc(F)cc1Br. The largest absolute Gasteiger partial charge is 0.480 e. The standard InChI is InChI=1S/C10H9BrFNO4/c11-7-3-5(12)1-2-6(7)9(15)13-8(4-14)10(16)17/h1-3,8,14H,4H2,(H,13,15)(H,16,17). The van der Waals surface area contributed by atoms with Gasteiger partial charge in [0.05, 0.1) is 12.2 Å². The zero-order valence-corrected chi connectivity index (χ0v) is 10.1. The number of rotatable bonds is 4. The highest BCUT2D eigenvalue weighted by atomic mass is 79.9. The van der Waals surface area contributed by atoms with E-state index in [1.165, 1.54) is 6.07 Å². The number of aliphatic hydroxyl groups is 1. The summed E-state index contributed by atoms with van der Waals surface area (Å²) in [6, 6.07) is 1.99. The van der Waals surface area contributed by atoms with Crippen LogP contribution in [0.5, 0.6) is 0 Å². The summed E-state index contributed by atoms with van der Waals surface area (Å²) < 4.78 is 13.0. The van der Waals surface area contributed by atoms with Gasteiger partial charge in [0.1, 0.15) is 5.82 Å². The van der Waals surface area contributed by atoms with Crippen LogP contribution in [-0.4, -0.2) is 34.7 Å². The lowest BCUT2D eigenvalue weighted by Gasteiger charge is -2.12. The summed E-state index contributed by atoms with van der Waals surface area (Å²) in [5.41, 5.74) is 0.0890. The van der Waals surface area contributed by atoms with Gasteiger partial charge in [0.15, 0.2) is 6.04 Å². The molecule has 0 aliphatic rings. The van der Waals surface area contributed by atoms with E-state index >= 15 is 0 Å². The highest BCUT2D eigenvalue weighted by Crippen LogP contribution is 2.17. The number of nitrogens with one attached hydrogen (secondary N) is 1. The van der Waals surface area contributed by atoms with Crippen LogP contribution in [0.15, 0.2) is 22.7 Å². The number of carboxylic acid groups (broad SMARTS) is 1. The lowest BCUT2D eigenvalue weighted by Crippen LogP contribution is -2.43. The quantitative estimate of drug-likeness (QED) is 0.766. The smallest absolute Gasteiger partial charge is 0.328 e. The molecule has 1 aromatic carbocycles. The van der Waals surface area contributed by atoms with Crippen molar-refractivity contribution in [2.24, 2.45) is 0 Å². The van der Waals surface area contributed by atoms with Gasteiger partial charge in [-0.25, -0.2) is 9.18 Å². The van der Waals surface area contributed by atoms with Crippen molar-refractivity contribution < 1.29 is 24.2 Å². The summed E-state index contributed by atoms with van der Waals surface area (Å²) in [5, 5.41) is 19.5. The molecular formula is C10H9BrFNO4. The fourth-order valence-electron chi connectivity index (χ4n) is 1.10. The predicted molar refractivity (Wildman–Crippen MR) is 60.1 cm³/mol. The van der Waals surface area contributed by atoms with Gasteiger partial charge in [0.2, 0.25) is 0 Å². The number of carbonyl (C=O) groups excluding carboxylic acids is 1. The van der Waals surface area contributed by atoms with E-state index in [1.807, 2.05) is 0 Å². The fraction of sp³-hybridized carbons (Fsp3) is 0.200. The molecular weight excluding hydrogens is 297 g/mol. The number of hydrogen-bond acceptors (Lipinski definition) is 3. The molecule has 1 rings (SSSR count). The number of halogens is 2. The Morgan fingerprint density at radius 2 is 2.12 bits per heavy atom. The average molecular weight is 306 g/mol. The molecule has 0 saturated heterocycles. The number of benzene rings is 1. The van der Waals surface area contributed by atoms with Gasteiger partial charge >= 0.3 is 5.97 Å². The Morgan fingerprint density at radius 1 is 1.47 bits per heavy atom. The van der Waals surface area contributed by atoms with Crippen LogP contribution in [0.3, 0.4) is 0 Å². The zero-order chi connectivity index (χ0) is 13.0. The van der Waals surface area contributed by atoms with Crippen LogP contribution in [0.2, 0.25) is 0 Å². The third-order valence-corrected chi connectivity index (χ3v) is 2.62. The summed E-state index contributed by atoms with van der Waals surface area (Å²) in [7, 11) is 0. The first-order valence-electron chi connectivity index (χ1n) is 4.55. The Kier molecular flexibility index (Phi) is 4.59. The zero-order valence-electron chi connectivity index (χ0n) is 8.48. The van der Waals surface area contributed by atoms with Crippen LogP contribution < -0.4 is 5.32 Å². The van der Waals surface area contributed by atoms with Crippen molar-refractivity contribution in [1.29, 1.82) is 0 Å². The third-order valence-electron chi connectivity index (χ3n) is 1.96. The molecule has 1 atom stereocenters. The normalized spacial score (nSPS) is 11.9. The molecule has 1 amide bonds. The molecule has 0 saturated carbocycles. The van der Waals surface area contributed by atoms with Crippen LogP contribution in [-0.2, 0) is 4.79 Å². The summed E-state index contributed by atoms with van der Waals surface area (Å²) in [6.07, 6.45) is 0. The highest BCUT2D eigenvalue weighted by Gasteiger charge is 2.20. The van der Waals surface area contributed by atoms with Gasteiger partial charge in [0.25, 0.3) is 5.91 Å². The van der Waals surface area contributed by atoms with E-state index in [2.05, 4.69) is 21.2 Å². The minimum absolute atomic E-state index is 0.0890. The molecule has 0 spiro atoms. The Hall–Kier alpha value is -1.47. The van der Waals surface area contributed by atoms with Gasteiger partial charge in [-0.2, -0.15) is 0 Å². The highest BCUT2D eigenvalue weighted by molar-refractivity contribution is 9.10. The van der Waals surface area contributed by atoms with Crippen LogP contribution in [0, 0.1) is 5.82 Å². The summed E-state index contributed by atoms with van der Waals surface area (Å²) >= 11 is 2.99. The van der Waals surface area contributed by atoms with E-state index in [4.69, 9.17) is 10.2 Å². The number of carbonyl (C=O) groups is 2. The van der Waals surface area contributed by atoms with Crippen LogP contribution in [0.4, 0.5) is 4.39 Å². The second kappa shape index (κ2) is 5.74. The number of aliphatic carboxylic acids is 1. The summed E-state index contributed by atoms with van der Waals surface area (Å²) in [4.78, 5) is 22.2. The predicted octanol–water partition coefficient (Wildman–Crippen LogP) is 0.763. The molecule has 7 heteroatoms. The van der Waals surface area contributed by atoms with Gasteiger partial charge in [0, 0.05) is 4.47 Å². The first-order chi connectivity index (χ1) is 7.95. The average Bonchev–Trinajstić information content (AvgIpc) is 2.24. The molecule has 0 aliphatic carbocycles. The van der Waals surface area contributed by atoms with Crippen molar-refractivity contribution in [1.82, 2.24) is 5.32 Å². The third kappa shape index (κ3) is 3.50. The van der Waals surface area contributed by atoms with Crippen molar-refractivity contribution >= 4 is 27.8 Å². The van der Waals surface area contributed by atoms with Gasteiger partial charge in [-0.05, 0) is 34.1 Å². The van der Waals surface area contributed by atoms with Crippen molar-refractivity contribution in [3.05, 3.63) is 34.1 Å². The molecule has 0 heterocycles.